The molecular formula is C21H33NO5. The lowest BCUT2D eigenvalue weighted by Crippen LogP contribution is -2.51. The Morgan fingerprint density at radius 2 is 1.96 bits per heavy atom. The molecule has 1 aromatic heterocycles. The van der Waals surface area contributed by atoms with Crippen molar-refractivity contribution in [3.8, 4) is 0 Å². The number of carbonyl (C=O) groups is 2. The van der Waals surface area contributed by atoms with E-state index in [1.807, 2.05) is 6.92 Å². The highest BCUT2D eigenvalue weighted by atomic mass is 16.6. The van der Waals surface area contributed by atoms with Crippen LogP contribution in [0.3, 0.4) is 0 Å². The number of rotatable bonds is 10. The zero-order valence-electron chi connectivity index (χ0n) is 17.2. The molecular weight excluding hydrogens is 346 g/mol. The first-order valence-corrected chi connectivity index (χ1v) is 9.59. The van der Waals surface area contributed by atoms with Gasteiger partial charge < -0.3 is 19.2 Å². The molecule has 0 radical (unpaired) electrons. The van der Waals surface area contributed by atoms with Gasteiger partial charge in [-0.2, -0.15) is 0 Å². The van der Waals surface area contributed by atoms with E-state index in [1.165, 1.54) is 0 Å². The molecule has 1 N–H and O–H groups in total. The topological polar surface area (TPSA) is 77.8 Å². The zero-order chi connectivity index (χ0) is 20.3. The first kappa shape index (κ1) is 22.8. The summed E-state index contributed by atoms with van der Waals surface area (Å²) < 4.78 is 16.1. The van der Waals surface area contributed by atoms with E-state index in [-0.39, 0.29) is 12.6 Å². The minimum absolute atomic E-state index is 0.0326. The van der Waals surface area contributed by atoms with Crippen molar-refractivity contribution in [1.29, 1.82) is 0 Å². The highest BCUT2D eigenvalue weighted by molar-refractivity contribution is 5.71. The van der Waals surface area contributed by atoms with Crippen LogP contribution in [0.25, 0.3) is 6.08 Å². The van der Waals surface area contributed by atoms with Gasteiger partial charge in [-0.05, 0) is 51.8 Å². The summed E-state index contributed by atoms with van der Waals surface area (Å²) in [5.41, 5.74) is -1.50. The molecule has 0 fully saturated rings. The summed E-state index contributed by atoms with van der Waals surface area (Å²) in [6, 6.07) is 3.59. The molecule has 0 bridgehead atoms. The van der Waals surface area contributed by atoms with E-state index in [9.17, 15) is 9.59 Å². The Morgan fingerprint density at radius 1 is 1.22 bits per heavy atom. The highest BCUT2D eigenvalue weighted by Crippen LogP contribution is 2.18. The van der Waals surface area contributed by atoms with Crippen LogP contribution in [0.15, 0.2) is 28.9 Å². The predicted molar refractivity (Wildman–Crippen MR) is 105 cm³/mol. The van der Waals surface area contributed by atoms with Crippen molar-refractivity contribution < 1.29 is 23.5 Å². The quantitative estimate of drug-likeness (QED) is 0.452. The van der Waals surface area contributed by atoms with E-state index >= 15 is 0 Å². The Labute approximate surface area is 162 Å². The van der Waals surface area contributed by atoms with E-state index in [4.69, 9.17) is 13.9 Å². The van der Waals surface area contributed by atoms with Crippen molar-refractivity contribution in [3.63, 3.8) is 0 Å². The number of carbonyl (C=O) groups excluding carboxylic acids is 2. The molecule has 1 aromatic rings. The largest absolute Gasteiger partial charge is 0.465 e. The normalized spacial score (nSPS) is 14.0. The number of amides is 1. The standard InChI is InChI=1S/C21H33NO5/c1-6-8-9-12-18(23)26-16-21(7-2,14-13-17-11-10-15-25-17)22-19(24)27-20(3,4)5/h10-11,13-15H,6-9,12,16H2,1-5H3,(H,22,24)/b14-13+/t21-/m1/s1. The van der Waals surface area contributed by atoms with Gasteiger partial charge in [0, 0.05) is 6.42 Å². The van der Waals surface area contributed by atoms with Crippen molar-refractivity contribution in [3.05, 3.63) is 30.2 Å². The van der Waals surface area contributed by atoms with Crippen LogP contribution in [-0.4, -0.2) is 29.8 Å². The number of ether oxygens (including phenoxy) is 2. The molecule has 1 heterocycles. The Hall–Kier alpha value is -2.24. The van der Waals surface area contributed by atoms with Crippen molar-refractivity contribution in [2.24, 2.45) is 0 Å². The van der Waals surface area contributed by atoms with Crippen LogP contribution in [0.1, 0.15) is 72.5 Å². The summed E-state index contributed by atoms with van der Waals surface area (Å²) in [4.78, 5) is 24.3. The maximum atomic E-state index is 12.3. The molecule has 27 heavy (non-hydrogen) atoms. The third kappa shape index (κ3) is 9.31. The molecule has 1 rings (SSSR count). The fourth-order valence-corrected chi connectivity index (χ4v) is 2.37. The SMILES string of the molecule is CCCCCC(=O)OC[C@](/C=C/c1ccco1)(CC)NC(=O)OC(C)(C)C. The molecule has 0 saturated heterocycles. The summed E-state index contributed by atoms with van der Waals surface area (Å²) >= 11 is 0. The lowest BCUT2D eigenvalue weighted by molar-refractivity contribution is -0.145. The summed E-state index contributed by atoms with van der Waals surface area (Å²) in [6.45, 7) is 9.42. The van der Waals surface area contributed by atoms with Gasteiger partial charge >= 0.3 is 12.1 Å². The van der Waals surface area contributed by atoms with Gasteiger partial charge in [0.15, 0.2) is 0 Å². The van der Waals surface area contributed by atoms with Crippen molar-refractivity contribution in [2.45, 2.75) is 77.9 Å². The molecule has 0 aliphatic heterocycles. The second kappa shape index (κ2) is 10.8. The van der Waals surface area contributed by atoms with Crippen LogP contribution >= 0.6 is 0 Å². The van der Waals surface area contributed by atoms with Gasteiger partial charge in [-0.15, -0.1) is 0 Å². The van der Waals surface area contributed by atoms with Crippen molar-refractivity contribution in [1.82, 2.24) is 5.32 Å². The van der Waals surface area contributed by atoms with Gasteiger partial charge in [0.1, 0.15) is 18.0 Å². The Kier molecular flexibility index (Phi) is 9.12. The predicted octanol–water partition coefficient (Wildman–Crippen LogP) is 5.09. The van der Waals surface area contributed by atoms with Crippen LogP contribution in [0, 0.1) is 0 Å². The Morgan fingerprint density at radius 3 is 2.52 bits per heavy atom. The second-order valence-corrected chi connectivity index (χ2v) is 7.60. The smallest absolute Gasteiger partial charge is 0.408 e. The molecule has 6 nitrogen and oxygen atoms in total. The summed E-state index contributed by atoms with van der Waals surface area (Å²) in [7, 11) is 0. The van der Waals surface area contributed by atoms with Gasteiger partial charge in [0.05, 0.1) is 11.8 Å². The maximum absolute atomic E-state index is 12.3. The number of alkyl carbamates (subject to hydrolysis) is 1. The number of nitrogens with one attached hydrogen (secondary N) is 1. The fraction of sp³-hybridized carbons (Fsp3) is 0.619. The van der Waals surface area contributed by atoms with Gasteiger partial charge in [-0.25, -0.2) is 4.79 Å². The molecule has 0 aromatic carbocycles. The van der Waals surface area contributed by atoms with Crippen LogP contribution in [0.5, 0.6) is 0 Å². The number of hydrogen-bond acceptors (Lipinski definition) is 5. The Balaban J connectivity index is 2.85. The Bertz CT molecular complexity index is 601. The van der Waals surface area contributed by atoms with Gasteiger partial charge in [-0.3, -0.25) is 4.79 Å². The summed E-state index contributed by atoms with van der Waals surface area (Å²) in [6.07, 6.45) is 8.28. The number of unbranched alkanes of at least 4 members (excludes halogenated alkanes) is 2. The van der Waals surface area contributed by atoms with E-state index in [0.29, 0.717) is 18.6 Å². The van der Waals surface area contributed by atoms with Gasteiger partial charge in [0.2, 0.25) is 0 Å². The van der Waals surface area contributed by atoms with Crippen LogP contribution < -0.4 is 5.32 Å². The summed E-state index contributed by atoms with van der Waals surface area (Å²) in [5, 5.41) is 2.85. The molecule has 0 saturated carbocycles. The monoisotopic (exact) mass is 379 g/mol. The van der Waals surface area contributed by atoms with Crippen molar-refractivity contribution in [2.75, 3.05) is 6.61 Å². The lowest BCUT2D eigenvalue weighted by atomic mass is 9.96. The zero-order valence-corrected chi connectivity index (χ0v) is 17.2. The number of hydrogen-bond donors (Lipinski definition) is 1. The van der Waals surface area contributed by atoms with E-state index in [0.717, 1.165) is 19.3 Å². The van der Waals surface area contributed by atoms with Gasteiger partial charge in [-0.1, -0.05) is 32.8 Å². The first-order valence-electron chi connectivity index (χ1n) is 9.59. The van der Waals surface area contributed by atoms with Gasteiger partial charge in [0.25, 0.3) is 0 Å². The molecule has 0 aliphatic rings. The first-order chi connectivity index (χ1) is 12.7. The third-order valence-corrected chi connectivity index (χ3v) is 3.97. The van der Waals surface area contributed by atoms with Crippen molar-refractivity contribution >= 4 is 18.1 Å². The minimum atomic E-state index is -0.879. The van der Waals surface area contributed by atoms with Crippen LogP contribution in [-0.2, 0) is 14.3 Å². The molecule has 0 spiro atoms. The molecule has 152 valence electrons. The molecule has 0 unspecified atom stereocenters. The second-order valence-electron chi connectivity index (χ2n) is 7.60. The molecule has 6 heteroatoms. The molecule has 1 atom stereocenters. The maximum Gasteiger partial charge on any atom is 0.408 e. The van der Waals surface area contributed by atoms with E-state index < -0.39 is 17.2 Å². The van der Waals surface area contributed by atoms with Crippen LogP contribution in [0.2, 0.25) is 0 Å². The highest BCUT2D eigenvalue weighted by Gasteiger charge is 2.31. The molecule has 0 aliphatic carbocycles. The van der Waals surface area contributed by atoms with Crippen LogP contribution in [0.4, 0.5) is 4.79 Å². The number of furan rings is 1. The number of esters is 1. The molecule has 1 amide bonds. The average Bonchev–Trinajstić information content (AvgIpc) is 3.09. The third-order valence-electron chi connectivity index (χ3n) is 3.97. The average molecular weight is 379 g/mol. The summed E-state index contributed by atoms with van der Waals surface area (Å²) in [5.74, 6) is 0.381. The van der Waals surface area contributed by atoms with E-state index in [2.05, 4.69) is 12.2 Å². The lowest BCUT2D eigenvalue weighted by Gasteiger charge is -2.31. The minimum Gasteiger partial charge on any atom is -0.465 e. The fourth-order valence-electron chi connectivity index (χ4n) is 2.37. The van der Waals surface area contributed by atoms with E-state index in [1.54, 1.807) is 51.3 Å².